The summed E-state index contributed by atoms with van der Waals surface area (Å²) in [5.74, 6) is -0.208. The van der Waals surface area contributed by atoms with Crippen LogP contribution in [0.15, 0.2) is 66.7 Å². The summed E-state index contributed by atoms with van der Waals surface area (Å²) >= 11 is 0. The fourth-order valence-electron chi connectivity index (χ4n) is 3.15. The zero-order valence-electron chi connectivity index (χ0n) is 18.4. The Bertz CT molecular complexity index is 1170. The molecule has 8 nitrogen and oxygen atoms in total. The Morgan fingerprint density at radius 3 is 2.18 bits per heavy atom. The number of carbonyl (C=O) groups excluding carboxylic acids is 3. The van der Waals surface area contributed by atoms with Crippen molar-refractivity contribution in [1.82, 2.24) is 0 Å². The molecule has 33 heavy (non-hydrogen) atoms. The van der Waals surface area contributed by atoms with E-state index in [1.54, 1.807) is 37.4 Å². The van der Waals surface area contributed by atoms with Crippen LogP contribution in [0.4, 0.5) is 5.69 Å². The molecule has 0 aliphatic carbocycles. The van der Waals surface area contributed by atoms with E-state index in [4.69, 9.17) is 18.9 Å². The second-order valence-electron chi connectivity index (χ2n) is 6.86. The summed E-state index contributed by atoms with van der Waals surface area (Å²) in [6.45, 7) is 0. The van der Waals surface area contributed by atoms with Gasteiger partial charge in [0.25, 0.3) is 0 Å². The lowest BCUT2D eigenvalue weighted by Crippen LogP contribution is -2.14. The molecule has 1 amide bonds. The minimum Gasteiger partial charge on any atom is -0.496 e. The molecule has 0 aliphatic heterocycles. The van der Waals surface area contributed by atoms with Crippen molar-refractivity contribution in [3.63, 3.8) is 0 Å². The maximum absolute atomic E-state index is 12.5. The molecule has 0 fully saturated rings. The summed E-state index contributed by atoms with van der Waals surface area (Å²) in [5, 5.41) is 2.83. The number of carbonyl (C=O) groups is 3. The average molecular weight is 449 g/mol. The SMILES string of the molecule is COC(=O)c1ccc(Oc2cccc(NC(=O)Cc3ccccc3OC)c2)cc1C(=O)OC. The van der Waals surface area contributed by atoms with Crippen molar-refractivity contribution in [3.05, 3.63) is 83.4 Å². The molecule has 0 heterocycles. The molecule has 0 radical (unpaired) electrons. The third-order valence-electron chi connectivity index (χ3n) is 4.70. The van der Waals surface area contributed by atoms with Gasteiger partial charge in [0.15, 0.2) is 0 Å². The number of hydrogen-bond acceptors (Lipinski definition) is 7. The number of benzene rings is 3. The number of esters is 2. The first-order valence-corrected chi connectivity index (χ1v) is 9.95. The third-order valence-corrected chi connectivity index (χ3v) is 4.70. The highest BCUT2D eigenvalue weighted by Crippen LogP contribution is 2.27. The largest absolute Gasteiger partial charge is 0.496 e. The van der Waals surface area contributed by atoms with Crippen molar-refractivity contribution in [2.75, 3.05) is 26.6 Å². The first kappa shape index (κ1) is 23.3. The molecule has 3 aromatic carbocycles. The van der Waals surface area contributed by atoms with Crippen LogP contribution in [-0.4, -0.2) is 39.2 Å². The molecule has 1 N–H and O–H groups in total. The van der Waals surface area contributed by atoms with Crippen LogP contribution in [0.25, 0.3) is 0 Å². The number of ether oxygens (including phenoxy) is 4. The highest BCUT2D eigenvalue weighted by molar-refractivity contribution is 6.03. The maximum atomic E-state index is 12.5. The topological polar surface area (TPSA) is 100 Å². The van der Waals surface area contributed by atoms with Crippen molar-refractivity contribution in [3.8, 4) is 17.2 Å². The number of para-hydroxylation sites is 1. The molecule has 3 rings (SSSR count). The van der Waals surface area contributed by atoms with E-state index in [-0.39, 0.29) is 23.5 Å². The third kappa shape index (κ3) is 5.88. The van der Waals surface area contributed by atoms with Crippen LogP contribution in [0.5, 0.6) is 17.2 Å². The quantitative estimate of drug-likeness (QED) is 0.513. The van der Waals surface area contributed by atoms with Crippen LogP contribution >= 0.6 is 0 Å². The van der Waals surface area contributed by atoms with Gasteiger partial charge in [0.1, 0.15) is 17.2 Å². The van der Waals surface area contributed by atoms with Crippen LogP contribution in [-0.2, 0) is 20.7 Å². The molecule has 3 aromatic rings. The Morgan fingerprint density at radius 2 is 1.45 bits per heavy atom. The van der Waals surface area contributed by atoms with Gasteiger partial charge >= 0.3 is 11.9 Å². The molecule has 0 bridgehead atoms. The highest BCUT2D eigenvalue weighted by atomic mass is 16.5. The Kier molecular flexibility index (Phi) is 7.64. The predicted octanol–water partition coefficient (Wildman–Crippen LogP) is 4.24. The molecular formula is C25H23NO7. The monoisotopic (exact) mass is 449 g/mol. The van der Waals surface area contributed by atoms with Crippen molar-refractivity contribution in [1.29, 1.82) is 0 Å². The standard InChI is InChI=1S/C25H23NO7/c1-30-22-10-5-4-7-16(22)13-23(27)26-17-8-6-9-18(14-17)33-19-11-12-20(24(28)31-2)21(15-19)25(29)32-3/h4-12,14-15H,13H2,1-3H3,(H,26,27). The highest BCUT2D eigenvalue weighted by Gasteiger charge is 2.19. The van der Waals surface area contributed by atoms with Gasteiger partial charge in [0.05, 0.1) is 38.9 Å². The van der Waals surface area contributed by atoms with Gasteiger partial charge in [-0.05, 0) is 36.4 Å². The molecule has 0 aliphatic rings. The van der Waals surface area contributed by atoms with Gasteiger partial charge in [0.2, 0.25) is 5.91 Å². The molecule has 0 saturated carbocycles. The summed E-state index contributed by atoms with van der Waals surface area (Å²) in [6, 6.07) is 18.4. The van der Waals surface area contributed by atoms with Crippen LogP contribution in [0.3, 0.4) is 0 Å². The molecule has 0 aromatic heterocycles. The molecule has 8 heteroatoms. The van der Waals surface area contributed by atoms with Crippen LogP contribution in [0.1, 0.15) is 26.3 Å². The smallest absolute Gasteiger partial charge is 0.338 e. The summed E-state index contributed by atoms with van der Waals surface area (Å²) < 4.78 is 20.6. The van der Waals surface area contributed by atoms with Gasteiger partial charge in [-0.2, -0.15) is 0 Å². The molecule has 0 atom stereocenters. The Balaban J connectivity index is 1.75. The molecule has 0 unspecified atom stereocenters. The summed E-state index contributed by atoms with van der Waals surface area (Å²) in [6.07, 6.45) is 0.145. The second kappa shape index (κ2) is 10.8. The van der Waals surface area contributed by atoms with E-state index in [0.29, 0.717) is 22.9 Å². The first-order chi connectivity index (χ1) is 15.9. The molecule has 0 saturated heterocycles. The van der Waals surface area contributed by atoms with E-state index in [1.807, 2.05) is 18.2 Å². The number of nitrogens with one attached hydrogen (secondary N) is 1. The van der Waals surface area contributed by atoms with Gasteiger partial charge in [-0.1, -0.05) is 24.3 Å². The predicted molar refractivity (Wildman–Crippen MR) is 121 cm³/mol. The van der Waals surface area contributed by atoms with E-state index >= 15 is 0 Å². The van der Waals surface area contributed by atoms with Gasteiger partial charge in [-0.25, -0.2) is 9.59 Å². The van der Waals surface area contributed by atoms with Crippen molar-refractivity contribution in [2.24, 2.45) is 0 Å². The van der Waals surface area contributed by atoms with Crippen molar-refractivity contribution < 1.29 is 33.3 Å². The lowest BCUT2D eigenvalue weighted by atomic mass is 10.1. The zero-order chi connectivity index (χ0) is 23.8. The molecule has 170 valence electrons. The van der Waals surface area contributed by atoms with Gasteiger partial charge in [-0.3, -0.25) is 4.79 Å². The Hall–Kier alpha value is -4.33. The fraction of sp³-hybridized carbons (Fsp3) is 0.160. The number of amides is 1. The van der Waals surface area contributed by atoms with Crippen molar-refractivity contribution in [2.45, 2.75) is 6.42 Å². The number of rotatable bonds is 8. The number of hydrogen-bond donors (Lipinski definition) is 1. The first-order valence-electron chi connectivity index (χ1n) is 9.95. The summed E-state index contributed by atoms with van der Waals surface area (Å²) in [7, 11) is 4.00. The Morgan fingerprint density at radius 1 is 0.758 bits per heavy atom. The molecular weight excluding hydrogens is 426 g/mol. The molecule has 0 spiro atoms. The second-order valence-corrected chi connectivity index (χ2v) is 6.86. The minimum absolute atomic E-state index is 0.0168. The Labute approximate surface area is 191 Å². The summed E-state index contributed by atoms with van der Waals surface area (Å²) in [5.41, 5.74) is 1.38. The maximum Gasteiger partial charge on any atom is 0.338 e. The van der Waals surface area contributed by atoms with Gasteiger partial charge in [0, 0.05) is 17.3 Å². The lowest BCUT2D eigenvalue weighted by molar-refractivity contribution is -0.115. The summed E-state index contributed by atoms with van der Waals surface area (Å²) in [4.78, 5) is 36.5. The van der Waals surface area contributed by atoms with Gasteiger partial charge in [-0.15, -0.1) is 0 Å². The van der Waals surface area contributed by atoms with Crippen molar-refractivity contribution >= 4 is 23.5 Å². The van der Waals surface area contributed by atoms with E-state index in [2.05, 4.69) is 5.32 Å². The zero-order valence-corrected chi connectivity index (χ0v) is 18.4. The fourth-order valence-corrected chi connectivity index (χ4v) is 3.15. The van der Waals surface area contributed by atoms with E-state index in [1.165, 1.54) is 32.4 Å². The van der Waals surface area contributed by atoms with Crippen LogP contribution in [0, 0.1) is 0 Å². The van der Waals surface area contributed by atoms with E-state index < -0.39 is 11.9 Å². The minimum atomic E-state index is -0.696. The normalized spacial score (nSPS) is 10.2. The average Bonchev–Trinajstić information content (AvgIpc) is 2.83. The van der Waals surface area contributed by atoms with E-state index in [9.17, 15) is 14.4 Å². The number of methoxy groups -OCH3 is 3. The van der Waals surface area contributed by atoms with Crippen LogP contribution in [0.2, 0.25) is 0 Å². The van der Waals surface area contributed by atoms with E-state index in [0.717, 1.165) is 5.56 Å². The van der Waals surface area contributed by atoms with Gasteiger partial charge < -0.3 is 24.3 Å². The number of anilines is 1. The van der Waals surface area contributed by atoms with Crippen LogP contribution < -0.4 is 14.8 Å². The lowest BCUT2D eigenvalue weighted by Gasteiger charge is -2.12.